The van der Waals surface area contributed by atoms with E-state index in [1.807, 2.05) is 6.92 Å². The van der Waals surface area contributed by atoms with Gasteiger partial charge in [-0.3, -0.25) is 4.79 Å². The summed E-state index contributed by atoms with van der Waals surface area (Å²) in [6.07, 6.45) is 0. The number of benzene rings is 1. The number of halogens is 2. The Hall–Kier alpha value is -0.780. The highest BCUT2D eigenvalue weighted by molar-refractivity contribution is 9.10. The van der Waals surface area contributed by atoms with Crippen LogP contribution in [0, 0.1) is 5.92 Å². The molecule has 0 fully saturated rings. The van der Waals surface area contributed by atoms with Crippen molar-refractivity contribution in [1.82, 2.24) is 0 Å². The van der Waals surface area contributed by atoms with Crippen LogP contribution in [0.25, 0.3) is 0 Å². The highest BCUT2D eigenvalue weighted by Crippen LogP contribution is 2.36. The first-order valence-electron chi connectivity index (χ1n) is 5.62. The molecule has 1 aromatic rings. The lowest BCUT2D eigenvalue weighted by Gasteiger charge is -2.15. The van der Waals surface area contributed by atoms with Gasteiger partial charge < -0.3 is 15.8 Å². The molecule has 1 atom stereocenters. The van der Waals surface area contributed by atoms with Crippen LogP contribution in [0.15, 0.2) is 16.6 Å². The summed E-state index contributed by atoms with van der Waals surface area (Å²) in [5.41, 5.74) is 6.00. The zero-order valence-corrected chi connectivity index (χ0v) is 12.6. The third kappa shape index (κ3) is 3.86. The van der Waals surface area contributed by atoms with E-state index in [4.69, 9.17) is 22.1 Å². The van der Waals surface area contributed by atoms with Gasteiger partial charge in [-0.2, -0.15) is 0 Å². The largest absolute Gasteiger partial charge is 0.491 e. The zero-order chi connectivity index (χ0) is 13.7. The van der Waals surface area contributed by atoms with Gasteiger partial charge in [0.2, 0.25) is 5.91 Å². The maximum absolute atomic E-state index is 11.8. The summed E-state index contributed by atoms with van der Waals surface area (Å²) >= 11 is 9.32. The van der Waals surface area contributed by atoms with Crippen LogP contribution >= 0.6 is 27.5 Å². The first-order valence-corrected chi connectivity index (χ1v) is 6.79. The Balaban J connectivity index is 3.02. The van der Waals surface area contributed by atoms with Crippen molar-refractivity contribution < 1.29 is 9.53 Å². The summed E-state index contributed by atoms with van der Waals surface area (Å²) < 4.78 is 6.19. The number of rotatable bonds is 5. The average Bonchev–Trinajstić information content (AvgIpc) is 2.32. The lowest BCUT2D eigenvalue weighted by Crippen LogP contribution is -2.26. The van der Waals surface area contributed by atoms with Crippen molar-refractivity contribution in [2.24, 2.45) is 11.7 Å². The molecule has 1 unspecified atom stereocenters. The number of anilines is 1. The quantitative estimate of drug-likeness (QED) is 0.869. The van der Waals surface area contributed by atoms with E-state index >= 15 is 0 Å². The Morgan fingerprint density at radius 3 is 2.83 bits per heavy atom. The van der Waals surface area contributed by atoms with Gasteiger partial charge in [-0.15, -0.1) is 0 Å². The second-order valence-corrected chi connectivity index (χ2v) is 5.11. The Morgan fingerprint density at radius 1 is 1.61 bits per heavy atom. The van der Waals surface area contributed by atoms with Gasteiger partial charge in [0.1, 0.15) is 0 Å². The van der Waals surface area contributed by atoms with Crippen LogP contribution in [0.1, 0.15) is 13.8 Å². The van der Waals surface area contributed by atoms with E-state index in [0.29, 0.717) is 27.5 Å². The Bertz CT molecular complexity index is 440. The topological polar surface area (TPSA) is 64.3 Å². The summed E-state index contributed by atoms with van der Waals surface area (Å²) in [5.74, 6) is 0.143. The van der Waals surface area contributed by atoms with E-state index in [2.05, 4.69) is 21.2 Å². The fraction of sp³-hybridized carbons (Fsp3) is 0.417. The van der Waals surface area contributed by atoms with E-state index in [1.54, 1.807) is 19.1 Å². The molecule has 4 nitrogen and oxygen atoms in total. The fourth-order valence-electron chi connectivity index (χ4n) is 1.31. The first-order chi connectivity index (χ1) is 8.49. The predicted octanol–water partition coefficient (Wildman–Crippen LogP) is 3.03. The minimum absolute atomic E-state index is 0.160. The molecule has 0 aromatic heterocycles. The van der Waals surface area contributed by atoms with Crippen LogP contribution in [-0.2, 0) is 4.79 Å². The first kappa shape index (κ1) is 15.3. The molecule has 0 saturated heterocycles. The molecule has 0 aliphatic carbocycles. The van der Waals surface area contributed by atoms with Gasteiger partial charge in [0, 0.05) is 17.5 Å². The average molecular weight is 336 g/mol. The Morgan fingerprint density at radius 2 is 2.28 bits per heavy atom. The Labute approximate surface area is 120 Å². The third-order valence-corrected chi connectivity index (χ3v) is 3.16. The second-order valence-electron chi connectivity index (χ2n) is 3.82. The molecule has 0 spiro atoms. The highest BCUT2D eigenvalue weighted by atomic mass is 79.9. The van der Waals surface area contributed by atoms with Crippen molar-refractivity contribution in [3.63, 3.8) is 0 Å². The van der Waals surface area contributed by atoms with Gasteiger partial charge in [-0.05, 0) is 35.0 Å². The standard InChI is InChI=1S/C12H16BrClN2O2/c1-3-18-11-9(13)4-8(14)5-10(11)16-12(17)7(2)6-15/h4-5,7H,3,6,15H2,1-2H3,(H,16,17). The van der Waals surface area contributed by atoms with Gasteiger partial charge in [0.25, 0.3) is 0 Å². The molecule has 6 heteroatoms. The summed E-state index contributed by atoms with van der Waals surface area (Å²) in [7, 11) is 0. The summed E-state index contributed by atoms with van der Waals surface area (Å²) in [6.45, 7) is 4.41. The fourth-order valence-corrected chi connectivity index (χ4v) is 2.23. The van der Waals surface area contributed by atoms with Gasteiger partial charge in [0.05, 0.1) is 16.8 Å². The second kappa shape index (κ2) is 6.97. The third-order valence-electron chi connectivity index (χ3n) is 2.36. The van der Waals surface area contributed by atoms with Crippen molar-refractivity contribution in [2.75, 3.05) is 18.5 Å². The monoisotopic (exact) mass is 334 g/mol. The minimum atomic E-state index is -0.266. The van der Waals surface area contributed by atoms with Crippen LogP contribution in [0.5, 0.6) is 5.75 Å². The van der Waals surface area contributed by atoms with Crippen LogP contribution < -0.4 is 15.8 Å². The molecule has 0 radical (unpaired) electrons. The lowest BCUT2D eigenvalue weighted by molar-refractivity contribution is -0.119. The van der Waals surface area contributed by atoms with Crippen molar-refractivity contribution in [3.8, 4) is 5.75 Å². The highest BCUT2D eigenvalue weighted by Gasteiger charge is 2.16. The SMILES string of the molecule is CCOc1c(Br)cc(Cl)cc1NC(=O)C(C)CN. The molecule has 0 saturated carbocycles. The van der Waals surface area contributed by atoms with Gasteiger partial charge in [-0.1, -0.05) is 18.5 Å². The van der Waals surface area contributed by atoms with Crippen LogP contribution in [0.3, 0.4) is 0 Å². The summed E-state index contributed by atoms with van der Waals surface area (Å²) in [4.78, 5) is 11.8. The number of amides is 1. The number of nitrogens with two attached hydrogens (primary N) is 1. The van der Waals surface area contributed by atoms with Crippen LogP contribution in [-0.4, -0.2) is 19.1 Å². The van der Waals surface area contributed by atoms with E-state index in [-0.39, 0.29) is 18.4 Å². The molecule has 0 aliphatic rings. The normalized spacial score (nSPS) is 12.1. The van der Waals surface area contributed by atoms with Crippen LogP contribution in [0.4, 0.5) is 5.69 Å². The van der Waals surface area contributed by atoms with Crippen LogP contribution in [0.2, 0.25) is 5.02 Å². The predicted molar refractivity (Wildman–Crippen MR) is 77.2 cm³/mol. The molecule has 0 bridgehead atoms. The zero-order valence-electron chi connectivity index (χ0n) is 10.3. The van der Waals surface area contributed by atoms with Gasteiger partial charge in [0.15, 0.2) is 5.75 Å². The molecule has 0 aliphatic heterocycles. The van der Waals surface area contributed by atoms with E-state index in [0.717, 1.165) is 0 Å². The van der Waals surface area contributed by atoms with Gasteiger partial charge >= 0.3 is 0 Å². The molecule has 0 heterocycles. The smallest absolute Gasteiger partial charge is 0.228 e. The summed E-state index contributed by atoms with van der Waals surface area (Å²) in [5, 5.41) is 3.28. The van der Waals surface area contributed by atoms with E-state index in [1.165, 1.54) is 0 Å². The molecule has 1 rings (SSSR count). The number of nitrogens with one attached hydrogen (secondary N) is 1. The van der Waals surface area contributed by atoms with Gasteiger partial charge in [-0.25, -0.2) is 0 Å². The van der Waals surface area contributed by atoms with E-state index < -0.39 is 0 Å². The van der Waals surface area contributed by atoms with Crippen molar-refractivity contribution in [3.05, 3.63) is 21.6 Å². The molecule has 3 N–H and O–H groups in total. The van der Waals surface area contributed by atoms with Crippen molar-refractivity contribution in [2.45, 2.75) is 13.8 Å². The molecule has 18 heavy (non-hydrogen) atoms. The molecule has 100 valence electrons. The Kier molecular flexibility index (Phi) is 5.91. The van der Waals surface area contributed by atoms with Crippen molar-refractivity contribution in [1.29, 1.82) is 0 Å². The molecular weight excluding hydrogens is 320 g/mol. The molecular formula is C12H16BrClN2O2. The maximum atomic E-state index is 11.8. The van der Waals surface area contributed by atoms with E-state index in [9.17, 15) is 4.79 Å². The minimum Gasteiger partial charge on any atom is -0.491 e. The number of carbonyl (C=O) groups is 1. The number of carbonyl (C=O) groups excluding carboxylic acids is 1. The summed E-state index contributed by atoms with van der Waals surface area (Å²) in [6, 6.07) is 3.37. The number of hydrogen-bond acceptors (Lipinski definition) is 3. The number of ether oxygens (including phenoxy) is 1. The van der Waals surface area contributed by atoms with Crippen molar-refractivity contribution >= 4 is 39.1 Å². The maximum Gasteiger partial charge on any atom is 0.228 e. The molecule has 1 aromatic carbocycles. The molecule has 1 amide bonds. The number of hydrogen-bond donors (Lipinski definition) is 2. The lowest BCUT2D eigenvalue weighted by atomic mass is 10.1.